The molecule has 6 nitrogen and oxygen atoms in total. The van der Waals surface area contributed by atoms with Crippen molar-refractivity contribution in [2.45, 2.75) is 31.7 Å². The van der Waals surface area contributed by atoms with Crippen LogP contribution in [0.5, 0.6) is 0 Å². The number of anilines is 1. The first-order valence-corrected chi connectivity index (χ1v) is 10.8. The van der Waals surface area contributed by atoms with Gasteiger partial charge in [-0.1, -0.05) is 36.4 Å². The van der Waals surface area contributed by atoms with E-state index < -0.39 is 0 Å². The standard InChI is InChI=1S/C25H24FN5O/c26-20-9-3-1-8-18(20)19-15-29-25(27)30-24(19)22-11-5-6-12-31(22)23(32)13-16-14-28-21-10-4-2-7-17(16)21/h1-4,7-10,14-15,22,28H,5-6,11-13H2,(H2,27,29,30)/t22-/m1/s1. The maximum absolute atomic E-state index is 14.6. The lowest BCUT2D eigenvalue weighted by Crippen LogP contribution is -2.40. The van der Waals surface area contributed by atoms with Crippen molar-refractivity contribution in [2.75, 3.05) is 12.3 Å². The Morgan fingerprint density at radius 2 is 1.94 bits per heavy atom. The molecular formula is C25H24FN5O. The fraction of sp³-hybridized carbons (Fsp3) is 0.240. The Hall–Kier alpha value is -3.74. The number of amides is 1. The lowest BCUT2D eigenvalue weighted by molar-refractivity contribution is -0.134. The number of nitrogens with zero attached hydrogens (tertiary/aromatic N) is 3. The molecule has 0 radical (unpaired) electrons. The Kier molecular flexibility index (Phi) is 5.31. The second kappa shape index (κ2) is 8.42. The van der Waals surface area contributed by atoms with E-state index in [9.17, 15) is 9.18 Å². The summed E-state index contributed by atoms with van der Waals surface area (Å²) in [4.78, 5) is 27.2. The highest BCUT2D eigenvalue weighted by Gasteiger charge is 2.32. The summed E-state index contributed by atoms with van der Waals surface area (Å²) in [5.41, 5.74) is 9.49. The molecule has 162 valence electrons. The van der Waals surface area contributed by atoms with Crippen LogP contribution in [0.15, 0.2) is 60.9 Å². The van der Waals surface area contributed by atoms with Crippen molar-refractivity contribution in [1.29, 1.82) is 0 Å². The number of piperidine rings is 1. The average Bonchev–Trinajstić information content (AvgIpc) is 3.22. The molecule has 5 rings (SSSR count). The van der Waals surface area contributed by atoms with Gasteiger partial charge in [-0.05, 0) is 37.0 Å². The summed E-state index contributed by atoms with van der Waals surface area (Å²) in [6.45, 7) is 0.631. The minimum atomic E-state index is -0.352. The molecule has 1 atom stereocenters. The van der Waals surface area contributed by atoms with Gasteiger partial charge in [0.25, 0.3) is 0 Å². The molecule has 1 amide bonds. The van der Waals surface area contributed by atoms with Crippen molar-refractivity contribution < 1.29 is 9.18 Å². The largest absolute Gasteiger partial charge is 0.368 e. The van der Waals surface area contributed by atoms with E-state index in [0.717, 1.165) is 35.7 Å². The Morgan fingerprint density at radius 3 is 2.81 bits per heavy atom. The van der Waals surface area contributed by atoms with Crippen LogP contribution < -0.4 is 5.73 Å². The molecule has 0 saturated carbocycles. The van der Waals surface area contributed by atoms with Gasteiger partial charge in [-0.3, -0.25) is 4.79 Å². The number of aromatic nitrogens is 3. The molecule has 32 heavy (non-hydrogen) atoms. The van der Waals surface area contributed by atoms with Crippen molar-refractivity contribution in [1.82, 2.24) is 19.9 Å². The quantitative estimate of drug-likeness (QED) is 0.495. The molecule has 1 aliphatic heterocycles. The summed E-state index contributed by atoms with van der Waals surface area (Å²) < 4.78 is 14.6. The van der Waals surface area contributed by atoms with Crippen molar-refractivity contribution >= 4 is 22.8 Å². The van der Waals surface area contributed by atoms with Crippen LogP contribution in [0.1, 0.15) is 36.6 Å². The first-order valence-electron chi connectivity index (χ1n) is 10.8. The van der Waals surface area contributed by atoms with E-state index in [2.05, 4.69) is 15.0 Å². The van der Waals surface area contributed by atoms with E-state index >= 15 is 0 Å². The zero-order chi connectivity index (χ0) is 22.1. The highest BCUT2D eigenvalue weighted by molar-refractivity contribution is 5.89. The van der Waals surface area contributed by atoms with Crippen molar-refractivity contribution in [3.8, 4) is 11.1 Å². The summed E-state index contributed by atoms with van der Waals surface area (Å²) in [6.07, 6.45) is 6.38. The van der Waals surface area contributed by atoms with Crippen LogP contribution in [-0.2, 0) is 11.2 Å². The Morgan fingerprint density at radius 1 is 1.12 bits per heavy atom. The van der Waals surface area contributed by atoms with E-state index in [-0.39, 0.29) is 30.1 Å². The third kappa shape index (κ3) is 3.70. The van der Waals surface area contributed by atoms with E-state index in [4.69, 9.17) is 5.73 Å². The SMILES string of the molecule is Nc1ncc(-c2ccccc2F)c([C@H]2CCCCN2C(=O)Cc2c[nH]c3ccccc23)n1. The number of nitrogens with two attached hydrogens (primary N) is 1. The summed E-state index contributed by atoms with van der Waals surface area (Å²) >= 11 is 0. The number of hydrogen-bond acceptors (Lipinski definition) is 4. The Bertz CT molecular complexity index is 1280. The zero-order valence-corrected chi connectivity index (χ0v) is 17.6. The number of hydrogen-bond donors (Lipinski definition) is 2. The van der Waals surface area contributed by atoms with Gasteiger partial charge < -0.3 is 15.6 Å². The van der Waals surface area contributed by atoms with E-state index in [0.29, 0.717) is 23.4 Å². The van der Waals surface area contributed by atoms with Gasteiger partial charge in [0, 0.05) is 41.0 Å². The molecule has 0 aliphatic carbocycles. The molecule has 1 aliphatic rings. The van der Waals surface area contributed by atoms with E-state index in [1.54, 1.807) is 24.4 Å². The van der Waals surface area contributed by atoms with Gasteiger partial charge in [0.15, 0.2) is 0 Å². The number of fused-ring (bicyclic) bond motifs is 1. The summed E-state index contributed by atoms with van der Waals surface area (Å²) in [5.74, 6) is -0.208. The highest BCUT2D eigenvalue weighted by Crippen LogP contribution is 2.37. The first-order chi connectivity index (χ1) is 15.6. The van der Waals surface area contributed by atoms with Gasteiger partial charge in [-0.25, -0.2) is 14.4 Å². The molecule has 0 unspecified atom stereocenters. The molecular weight excluding hydrogens is 405 g/mol. The highest BCUT2D eigenvalue weighted by atomic mass is 19.1. The van der Waals surface area contributed by atoms with Gasteiger partial charge in [0.1, 0.15) is 5.82 Å². The number of aromatic amines is 1. The van der Waals surface area contributed by atoms with Crippen LogP contribution in [-0.4, -0.2) is 32.3 Å². The lowest BCUT2D eigenvalue weighted by Gasteiger charge is -2.36. The summed E-state index contributed by atoms with van der Waals surface area (Å²) in [7, 11) is 0. The number of nitrogen functional groups attached to an aromatic ring is 1. The molecule has 1 saturated heterocycles. The fourth-order valence-corrected chi connectivity index (χ4v) is 4.61. The van der Waals surface area contributed by atoms with Crippen molar-refractivity contribution in [2.24, 2.45) is 0 Å². The van der Waals surface area contributed by atoms with Crippen LogP contribution in [0.3, 0.4) is 0 Å². The van der Waals surface area contributed by atoms with Crippen LogP contribution in [0.2, 0.25) is 0 Å². The zero-order valence-electron chi connectivity index (χ0n) is 17.6. The molecule has 4 aromatic rings. The minimum absolute atomic E-state index is 0.0242. The molecule has 0 bridgehead atoms. The average molecular weight is 429 g/mol. The number of benzene rings is 2. The molecule has 1 fully saturated rings. The molecule has 3 N–H and O–H groups in total. The third-order valence-corrected chi connectivity index (χ3v) is 6.16. The first kappa shape index (κ1) is 20.2. The number of carbonyl (C=O) groups is 1. The molecule has 3 heterocycles. The maximum Gasteiger partial charge on any atom is 0.227 e. The van der Waals surface area contributed by atoms with Crippen LogP contribution in [0.4, 0.5) is 10.3 Å². The van der Waals surface area contributed by atoms with Gasteiger partial charge in [-0.2, -0.15) is 0 Å². The molecule has 2 aromatic carbocycles. The summed E-state index contributed by atoms with van der Waals surface area (Å²) in [6, 6.07) is 14.2. The summed E-state index contributed by atoms with van der Waals surface area (Å²) in [5, 5.41) is 1.05. The van der Waals surface area contributed by atoms with Gasteiger partial charge in [0.05, 0.1) is 18.2 Å². The Balaban J connectivity index is 1.51. The minimum Gasteiger partial charge on any atom is -0.368 e. The Labute approximate surface area is 185 Å². The fourth-order valence-electron chi connectivity index (χ4n) is 4.61. The van der Waals surface area contributed by atoms with Gasteiger partial charge >= 0.3 is 0 Å². The molecule has 2 aromatic heterocycles. The molecule has 0 spiro atoms. The van der Waals surface area contributed by atoms with Crippen LogP contribution >= 0.6 is 0 Å². The number of halogens is 1. The van der Waals surface area contributed by atoms with Gasteiger partial charge in [0.2, 0.25) is 11.9 Å². The van der Waals surface area contributed by atoms with Crippen molar-refractivity contribution in [3.63, 3.8) is 0 Å². The number of para-hydroxylation sites is 1. The monoisotopic (exact) mass is 429 g/mol. The lowest BCUT2D eigenvalue weighted by atomic mass is 9.93. The smallest absolute Gasteiger partial charge is 0.227 e. The predicted molar refractivity (Wildman–Crippen MR) is 122 cm³/mol. The number of likely N-dealkylation sites (tertiary alicyclic amines) is 1. The number of rotatable bonds is 4. The number of nitrogens with one attached hydrogen (secondary N) is 1. The van der Waals surface area contributed by atoms with Crippen LogP contribution in [0.25, 0.3) is 22.0 Å². The van der Waals surface area contributed by atoms with Crippen LogP contribution in [0, 0.1) is 5.82 Å². The third-order valence-electron chi connectivity index (χ3n) is 6.16. The number of H-pyrrole nitrogens is 1. The maximum atomic E-state index is 14.6. The van der Waals surface area contributed by atoms with Crippen molar-refractivity contribution in [3.05, 3.63) is 78.0 Å². The van der Waals surface area contributed by atoms with E-state index in [1.807, 2.05) is 35.4 Å². The second-order valence-corrected chi connectivity index (χ2v) is 8.14. The molecule has 7 heteroatoms. The number of carbonyl (C=O) groups excluding carboxylic acids is 1. The second-order valence-electron chi connectivity index (χ2n) is 8.14. The topological polar surface area (TPSA) is 87.9 Å². The normalized spacial score (nSPS) is 16.4. The van der Waals surface area contributed by atoms with E-state index in [1.165, 1.54) is 6.07 Å². The predicted octanol–water partition coefficient (Wildman–Crippen LogP) is 4.64. The van der Waals surface area contributed by atoms with Gasteiger partial charge in [-0.15, -0.1) is 0 Å².